The number of alkyl halides is 3. The van der Waals surface area contributed by atoms with E-state index in [4.69, 9.17) is 9.79 Å². The molecular formula is C21H34F3N4O5P. The van der Waals surface area contributed by atoms with Crippen molar-refractivity contribution in [2.24, 2.45) is 0 Å². The molecule has 1 rings (SSSR count). The summed E-state index contributed by atoms with van der Waals surface area (Å²) in [7, 11) is -0.263. The standard InChI is InChI=1S/C16H24F3N3O4.C5H10NOP/c1-2-12(23)11-21-10-7-13(24)22(15(21)26)9-6-4-3-5-8-20-14(25)16(17,18)19;1-8(2)7-5-3-4-6/h7,10,12,23H,2-6,8-9,11H2,1H3,(H,20,25);3,5H2,1-2H3. The molecule has 1 unspecified atom stereocenters. The number of halogens is 3. The molecule has 0 aromatic carbocycles. The topological polar surface area (TPSA) is 126 Å². The fourth-order valence-electron chi connectivity index (χ4n) is 2.58. The molecule has 0 fully saturated rings. The van der Waals surface area contributed by atoms with Gasteiger partial charge in [-0.05, 0) is 32.6 Å². The summed E-state index contributed by atoms with van der Waals surface area (Å²) in [5.74, 6) is -1.96. The second-order valence-electron chi connectivity index (χ2n) is 7.52. The lowest BCUT2D eigenvalue weighted by Crippen LogP contribution is -2.40. The molecule has 0 radical (unpaired) electrons. The van der Waals surface area contributed by atoms with Crippen molar-refractivity contribution in [3.63, 3.8) is 0 Å². The van der Waals surface area contributed by atoms with Crippen LogP contribution in [0, 0.1) is 11.3 Å². The average molecular weight is 510 g/mol. The minimum atomic E-state index is -4.88. The van der Waals surface area contributed by atoms with Gasteiger partial charge in [0.15, 0.2) is 0 Å². The van der Waals surface area contributed by atoms with Crippen LogP contribution in [0.25, 0.3) is 0 Å². The Morgan fingerprint density at radius 1 is 1.26 bits per heavy atom. The Bertz CT molecular complexity index is 881. The first kappa shape index (κ1) is 31.8. The molecule has 1 aromatic rings. The van der Waals surface area contributed by atoms with Crippen LogP contribution in [0.3, 0.4) is 0 Å². The fraction of sp³-hybridized carbons (Fsp3) is 0.714. The Morgan fingerprint density at radius 3 is 2.47 bits per heavy atom. The number of hydrogen-bond donors (Lipinski definition) is 2. The van der Waals surface area contributed by atoms with E-state index in [2.05, 4.69) is 0 Å². The normalized spacial score (nSPS) is 12.0. The van der Waals surface area contributed by atoms with Crippen molar-refractivity contribution in [3.8, 4) is 6.07 Å². The molecule has 0 spiro atoms. The molecular weight excluding hydrogens is 476 g/mol. The molecule has 34 heavy (non-hydrogen) atoms. The van der Waals surface area contributed by atoms with Crippen molar-refractivity contribution in [2.45, 2.75) is 70.8 Å². The van der Waals surface area contributed by atoms with Crippen LogP contribution in [0.1, 0.15) is 45.4 Å². The molecule has 1 amide bonds. The summed E-state index contributed by atoms with van der Waals surface area (Å²) < 4.78 is 43.4. The number of unbranched alkanes of at least 4 members (excludes halogenated alkanes) is 3. The zero-order chi connectivity index (χ0) is 26.1. The van der Waals surface area contributed by atoms with Gasteiger partial charge in [-0.3, -0.25) is 18.7 Å². The van der Waals surface area contributed by atoms with E-state index in [1.807, 2.05) is 19.4 Å². The van der Waals surface area contributed by atoms with Crippen LogP contribution < -0.4 is 16.6 Å². The summed E-state index contributed by atoms with van der Waals surface area (Å²) >= 11 is 0. The quantitative estimate of drug-likeness (QED) is 0.310. The number of carbonyl (C=O) groups excluding carboxylic acids is 1. The summed E-state index contributed by atoms with van der Waals surface area (Å²) in [5.41, 5.74) is -0.933. The molecule has 13 heteroatoms. The smallest absolute Gasteiger partial charge is 0.391 e. The molecule has 2 N–H and O–H groups in total. The first-order valence-electron chi connectivity index (χ1n) is 10.9. The van der Waals surface area contributed by atoms with E-state index < -0.39 is 29.4 Å². The van der Waals surface area contributed by atoms with Crippen LogP contribution in [0.15, 0.2) is 21.9 Å². The van der Waals surface area contributed by atoms with Crippen LogP contribution >= 0.6 is 8.15 Å². The molecule has 0 aliphatic heterocycles. The summed E-state index contributed by atoms with van der Waals surface area (Å²) in [6.07, 6.45) is -1.17. The molecule has 0 bridgehead atoms. The molecule has 0 saturated carbocycles. The van der Waals surface area contributed by atoms with Gasteiger partial charge in [0.2, 0.25) is 0 Å². The molecule has 0 saturated heterocycles. The third-order valence-corrected chi connectivity index (χ3v) is 5.13. The van der Waals surface area contributed by atoms with Crippen LogP contribution in [0.4, 0.5) is 13.2 Å². The van der Waals surface area contributed by atoms with Crippen molar-refractivity contribution in [2.75, 3.05) is 26.5 Å². The highest BCUT2D eigenvalue weighted by molar-refractivity contribution is 7.50. The molecule has 0 aliphatic rings. The Balaban J connectivity index is 0.00000116. The number of carbonyl (C=O) groups is 1. The largest absolute Gasteiger partial charge is 0.471 e. The summed E-state index contributed by atoms with van der Waals surface area (Å²) in [4.78, 5) is 34.7. The van der Waals surface area contributed by atoms with Gasteiger partial charge in [0.05, 0.1) is 31.7 Å². The number of aromatic nitrogens is 2. The zero-order valence-corrected chi connectivity index (χ0v) is 20.7. The van der Waals surface area contributed by atoms with E-state index in [9.17, 15) is 32.7 Å². The van der Waals surface area contributed by atoms with E-state index in [1.165, 1.54) is 16.8 Å². The van der Waals surface area contributed by atoms with E-state index >= 15 is 0 Å². The molecule has 1 heterocycles. The van der Waals surface area contributed by atoms with E-state index in [-0.39, 0.29) is 27.8 Å². The van der Waals surface area contributed by atoms with Gasteiger partial charge in [-0.25, -0.2) is 4.79 Å². The third kappa shape index (κ3) is 14.1. The Kier molecular flexibility index (Phi) is 16.1. The molecule has 1 atom stereocenters. The van der Waals surface area contributed by atoms with Gasteiger partial charge in [-0.15, -0.1) is 0 Å². The van der Waals surface area contributed by atoms with Gasteiger partial charge in [-0.2, -0.15) is 18.4 Å². The number of aliphatic hydroxyl groups is 1. The summed E-state index contributed by atoms with van der Waals surface area (Å²) in [6, 6.07) is 3.27. The second-order valence-corrected chi connectivity index (χ2v) is 9.41. The van der Waals surface area contributed by atoms with Gasteiger partial charge in [0, 0.05) is 33.5 Å². The van der Waals surface area contributed by atoms with Crippen molar-refractivity contribution in [1.29, 1.82) is 5.26 Å². The van der Waals surface area contributed by atoms with E-state index in [0.717, 1.165) is 4.57 Å². The SMILES string of the molecule is CCC(O)Cn1ccc(=O)n(CCCCCCNC(=O)C(F)(F)F)c1=O.CP(C)OCCC#N. The predicted octanol–water partition coefficient (Wildman–Crippen LogP) is 2.59. The number of nitrogens with zero attached hydrogens (tertiary/aromatic N) is 3. The summed E-state index contributed by atoms with van der Waals surface area (Å²) in [5, 5.41) is 19.5. The number of aliphatic hydroxyl groups excluding tert-OH is 1. The lowest BCUT2D eigenvalue weighted by atomic mass is 10.2. The van der Waals surface area contributed by atoms with Gasteiger partial charge in [0.1, 0.15) is 0 Å². The zero-order valence-electron chi connectivity index (χ0n) is 19.8. The van der Waals surface area contributed by atoms with Crippen LogP contribution in [-0.2, 0) is 22.4 Å². The van der Waals surface area contributed by atoms with Gasteiger partial charge < -0.3 is 14.9 Å². The molecule has 1 aromatic heterocycles. The second kappa shape index (κ2) is 17.2. The van der Waals surface area contributed by atoms with Crippen LogP contribution in [0.2, 0.25) is 0 Å². The Labute approximate surface area is 198 Å². The molecule has 9 nitrogen and oxygen atoms in total. The number of amides is 1. The maximum absolute atomic E-state index is 12.2. The first-order chi connectivity index (χ1) is 15.9. The van der Waals surface area contributed by atoms with Crippen molar-refractivity contribution in [1.82, 2.24) is 14.5 Å². The minimum Gasteiger partial charge on any atom is -0.391 e. The highest BCUT2D eigenvalue weighted by Crippen LogP contribution is 2.25. The van der Waals surface area contributed by atoms with Crippen molar-refractivity contribution in [3.05, 3.63) is 33.1 Å². The van der Waals surface area contributed by atoms with E-state index in [0.29, 0.717) is 45.1 Å². The number of hydrogen-bond acceptors (Lipinski definition) is 6. The van der Waals surface area contributed by atoms with Gasteiger partial charge >= 0.3 is 17.8 Å². The summed E-state index contributed by atoms with van der Waals surface area (Å²) in [6.45, 7) is 6.63. The molecule has 0 aliphatic carbocycles. The first-order valence-corrected chi connectivity index (χ1v) is 13.1. The maximum Gasteiger partial charge on any atom is 0.471 e. The monoisotopic (exact) mass is 510 g/mol. The number of rotatable bonds is 13. The van der Waals surface area contributed by atoms with E-state index in [1.54, 1.807) is 12.2 Å². The molecule has 194 valence electrons. The maximum atomic E-state index is 12.2. The van der Waals surface area contributed by atoms with Crippen molar-refractivity contribution < 1.29 is 27.6 Å². The van der Waals surface area contributed by atoms with Crippen LogP contribution in [0.5, 0.6) is 0 Å². The van der Waals surface area contributed by atoms with Crippen molar-refractivity contribution >= 4 is 14.1 Å². The highest BCUT2D eigenvalue weighted by atomic mass is 31.1. The highest BCUT2D eigenvalue weighted by Gasteiger charge is 2.38. The Morgan fingerprint density at radius 2 is 1.91 bits per heavy atom. The Hall–Kier alpha value is -2.22. The predicted molar refractivity (Wildman–Crippen MR) is 124 cm³/mol. The van der Waals surface area contributed by atoms with Crippen LogP contribution in [-0.4, -0.2) is 58.9 Å². The number of nitrogens with one attached hydrogen (secondary N) is 1. The average Bonchev–Trinajstić information content (AvgIpc) is 2.76. The lowest BCUT2D eigenvalue weighted by Gasteiger charge is -2.12. The lowest BCUT2D eigenvalue weighted by molar-refractivity contribution is -0.173. The number of nitriles is 1. The van der Waals surface area contributed by atoms with Gasteiger partial charge in [-0.1, -0.05) is 19.8 Å². The van der Waals surface area contributed by atoms with Gasteiger partial charge in [0.25, 0.3) is 5.56 Å². The third-order valence-electron chi connectivity index (χ3n) is 4.43. The minimum absolute atomic E-state index is 0.0780. The fourth-order valence-corrected chi connectivity index (χ4v) is 3.04.